The largest absolute Gasteiger partial charge is 0.388 e. The number of nitrogens with zero attached hydrogens (tertiary/aromatic N) is 5. The number of aliphatic hydroxyl groups excluding tert-OH is 1. The molecule has 1 saturated heterocycles. The molecule has 6 nitrogen and oxygen atoms in total. The molecule has 130 valence electrons. The fourth-order valence-electron chi connectivity index (χ4n) is 3.72. The van der Waals surface area contributed by atoms with Crippen molar-refractivity contribution in [2.75, 3.05) is 11.4 Å². The molecular formula is C19H23N5O. The highest BCUT2D eigenvalue weighted by molar-refractivity contribution is 5.63. The molecule has 1 N–H and O–H groups in total. The molecule has 0 spiro atoms. The average Bonchev–Trinajstić information content (AvgIpc) is 3.02. The van der Waals surface area contributed by atoms with Crippen molar-refractivity contribution in [1.82, 2.24) is 19.6 Å². The molecule has 0 radical (unpaired) electrons. The van der Waals surface area contributed by atoms with Crippen LogP contribution in [-0.4, -0.2) is 37.3 Å². The quantitative estimate of drug-likeness (QED) is 0.793. The molecule has 0 saturated carbocycles. The first-order valence-electron chi connectivity index (χ1n) is 8.97. The Morgan fingerprint density at radius 1 is 1.16 bits per heavy atom. The first-order chi connectivity index (χ1) is 12.3. The summed E-state index contributed by atoms with van der Waals surface area (Å²) in [7, 11) is 0. The number of rotatable bonds is 4. The van der Waals surface area contributed by atoms with Crippen LogP contribution in [0.2, 0.25) is 0 Å². The van der Waals surface area contributed by atoms with Gasteiger partial charge in [-0.05, 0) is 24.8 Å². The first kappa shape index (κ1) is 16.0. The van der Waals surface area contributed by atoms with Gasteiger partial charge in [-0.3, -0.25) is 4.40 Å². The summed E-state index contributed by atoms with van der Waals surface area (Å²) in [5, 5.41) is 19.0. The minimum Gasteiger partial charge on any atom is -0.388 e. The summed E-state index contributed by atoms with van der Waals surface area (Å²) in [5.41, 5.74) is 1.75. The molecule has 4 rings (SSSR count). The molecule has 1 aromatic carbocycles. The molecule has 1 aliphatic rings. The molecule has 0 aliphatic carbocycles. The van der Waals surface area contributed by atoms with Crippen molar-refractivity contribution in [3.05, 3.63) is 54.6 Å². The molecule has 6 heteroatoms. The zero-order chi connectivity index (χ0) is 17.1. The van der Waals surface area contributed by atoms with Gasteiger partial charge in [0.15, 0.2) is 5.82 Å². The van der Waals surface area contributed by atoms with Gasteiger partial charge in [0.1, 0.15) is 6.33 Å². The molecule has 2 atom stereocenters. The number of aliphatic hydroxyl groups is 1. The minimum absolute atomic E-state index is 0.244. The van der Waals surface area contributed by atoms with Gasteiger partial charge in [0.05, 0.1) is 6.10 Å². The van der Waals surface area contributed by atoms with Crippen molar-refractivity contribution in [3.63, 3.8) is 0 Å². The fourth-order valence-corrected chi connectivity index (χ4v) is 3.72. The Balaban J connectivity index is 1.63. The second-order valence-electron chi connectivity index (χ2n) is 6.67. The van der Waals surface area contributed by atoms with Gasteiger partial charge in [-0.1, -0.05) is 43.2 Å². The monoisotopic (exact) mass is 337 g/mol. The lowest BCUT2D eigenvalue weighted by atomic mass is 9.98. The number of benzene rings is 1. The molecule has 0 bridgehead atoms. The number of fused-ring (bicyclic) bond motifs is 1. The molecule has 1 aliphatic heterocycles. The first-order valence-corrected chi connectivity index (χ1v) is 8.97. The van der Waals surface area contributed by atoms with Crippen LogP contribution >= 0.6 is 0 Å². The highest BCUT2D eigenvalue weighted by atomic mass is 16.3. The summed E-state index contributed by atoms with van der Waals surface area (Å²) in [4.78, 5) is 6.92. The van der Waals surface area contributed by atoms with Crippen LogP contribution < -0.4 is 4.90 Å². The van der Waals surface area contributed by atoms with Crippen LogP contribution in [0.4, 0.5) is 5.82 Å². The Morgan fingerprint density at radius 2 is 2.04 bits per heavy atom. The highest BCUT2D eigenvalue weighted by Gasteiger charge is 2.27. The molecule has 0 unspecified atom stereocenters. The zero-order valence-corrected chi connectivity index (χ0v) is 14.2. The molecule has 1 fully saturated rings. The Kier molecular flexibility index (Phi) is 4.61. The topological polar surface area (TPSA) is 66.5 Å². The van der Waals surface area contributed by atoms with E-state index < -0.39 is 6.10 Å². The Labute approximate surface area is 147 Å². The number of hydrogen-bond acceptors (Lipinski definition) is 5. The SMILES string of the molecule is O[C@@H](C[C@H]1CCCCCN1c1nccn2cnnc12)c1ccccc1. The number of hydrogen-bond donors (Lipinski definition) is 1. The van der Waals surface area contributed by atoms with Gasteiger partial charge in [-0.25, -0.2) is 4.98 Å². The third kappa shape index (κ3) is 3.35. The second kappa shape index (κ2) is 7.19. The lowest BCUT2D eigenvalue weighted by Crippen LogP contribution is -2.37. The van der Waals surface area contributed by atoms with Gasteiger partial charge in [0.2, 0.25) is 5.65 Å². The van der Waals surface area contributed by atoms with Crippen molar-refractivity contribution >= 4 is 11.5 Å². The Morgan fingerprint density at radius 3 is 2.92 bits per heavy atom. The summed E-state index contributed by atoms with van der Waals surface area (Å²) in [5.74, 6) is 0.868. The molecule has 25 heavy (non-hydrogen) atoms. The summed E-state index contributed by atoms with van der Waals surface area (Å²) in [6.07, 6.45) is 10.2. The van der Waals surface area contributed by atoms with E-state index in [2.05, 4.69) is 20.1 Å². The lowest BCUT2D eigenvalue weighted by Gasteiger charge is -2.32. The van der Waals surface area contributed by atoms with Crippen LogP contribution in [0.25, 0.3) is 5.65 Å². The van der Waals surface area contributed by atoms with Crippen LogP contribution in [0, 0.1) is 0 Å². The van der Waals surface area contributed by atoms with Crippen LogP contribution in [0.5, 0.6) is 0 Å². The zero-order valence-electron chi connectivity index (χ0n) is 14.2. The standard InChI is InChI=1S/C19H23N5O/c25-17(15-7-3-1-4-8-15)13-16-9-5-2-6-11-24(16)18-19-22-21-14-23(19)12-10-20-18/h1,3-4,7-8,10,12,14,16-17,25H,2,5-6,9,11,13H2/t16-,17+/m1/s1. The third-order valence-corrected chi connectivity index (χ3v) is 5.03. The lowest BCUT2D eigenvalue weighted by molar-refractivity contribution is 0.155. The van der Waals surface area contributed by atoms with E-state index in [1.54, 1.807) is 12.5 Å². The van der Waals surface area contributed by atoms with Gasteiger partial charge in [0, 0.05) is 25.0 Å². The van der Waals surface area contributed by atoms with Crippen LogP contribution in [0.3, 0.4) is 0 Å². The van der Waals surface area contributed by atoms with E-state index >= 15 is 0 Å². The van der Waals surface area contributed by atoms with Crippen LogP contribution in [0.15, 0.2) is 49.1 Å². The van der Waals surface area contributed by atoms with Crippen molar-refractivity contribution in [2.24, 2.45) is 0 Å². The summed E-state index contributed by atoms with van der Waals surface area (Å²) < 4.78 is 1.90. The predicted molar refractivity (Wildman–Crippen MR) is 96.4 cm³/mol. The molecule has 3 aromatic rings. The fraction of sp³-hybridized carbons (Fsp3) is 0.421. The van der Waals surface area contributed by atoms with Crippen LogP contribution in [0.1, 0.15) is 43.8 Å². The van der Waals surface area contributed by atoms with E-state index in [1.165, 1.54) is 12.8 Å². The minimum atomic E-state index is -0.468. The van der Waals surface area contributed by atoms with E-state index in [0.29, 0.717) is 6.42 Å². The smallest absolute Gasteiger partial charge is 0.203 e. The van der Waals surface area contributed by atoms with Crippen molar-refractivity contribution in [2.45, 2.75) is 44.2 Å². The van der Waals surface area contributed by atoms with Crippen molar-refractivity contribution in [1.29, 1.82) is 0 Å². The maximum atomic E-state index is 10.7. The normalized spacial score (nSPS) is 19.7. The molecular weight excluding hydrogens is 314 g/mol. The summed E-state index contributed by atoms with van der Waals surface area (Å²) in [6.45, 7) is 0.936. The van der Waals surface area contributed by atoms with Crippen LogP contribution in [-0.2, 0) is 0 Å². The van der Waals surface area contributed by atoms with Gasteiger partial charge >= 0.3 is 0 Å². The summed E-state index contributed by atoms with van der Waals surface area (Å²) in [6, 6.07) is 10.1. The van der Waals surface area contributed by atoms with E-state index in [9.17, 15) is 5.11 Å². The molecule has 3 heterocycles. The highest BCUT2D eigenvalue weighted by Crippen LogP contribution is 2.30. The second-order valence-corrected chi connectivity index (χ2v) is 6.67. The average molecular weight is 337 g/mol. The van der Waals surface area contributed by atoms with Crippen molar-refractivity contribution < 1.29 is 5.11 Å². The third-order valence-electron chi connectivity index (χ3n) is 5.03. The van der Waals surface area contributed by atoms with E-state index in [-0.39, 0.29) is 6.04 Å². The summed E-state index contributed by atoms with van der Waals surface area (Å²) >= 11 is 0. The Hall–Kier alpha value is -2.47. The van der Waals surface area contributed by atoms with E-state index in [1.807, 2.05) is 40.9 Å². The number of anilines is 1. The van der Waals surface area contributed by atoms with E-state index in [0.717, 1.165) is 36.4 Å². The molecule has 0 amide bonds. The van der Waals surface area contributed by atoms with Gasteiger partial charge in [-0.2, -0.15) is 0 Å². The predicted octanol–water partition coefficient (Wildman–Crippen LogP) is 3.00. The number of aromatic nitrogens is 4. The van der Waals surface area contributed by atoms with E-state index in [4.69, 9.17) is 0 Å². The Bertz CT molecular complexity index is 819. The maximum Gasteiger partial charge on any atom is 0.203 e. The van der Waals surface area contributed by atoms with Gasteiger partial charge in [-0.15, -0.1) is 10.2 Å². The van der Waals surface area contributed by atoms with Gasteiger partial charge < -0.3 is 10.0 Å². The van der Waals surface area contributed by atoms with Crippen molar-refractivity contribution in [3.8, 4) is 0 Å². The maximum absolute atomic E-state index is 10.7. The van der Waals surface area contributed by atoms with Gasteiger partial charge in [0.25, 0.3) is 0 Å². The molecule has 2 aromatic heterocycles.